The monoisotopic (exact) mass is 449 g/mol. The van der Waals surface area contributed by atoms with Gasteiger partial charge in [0.1, 0.15) is 0 Å². The van der Waals surface area contributed by atoms with Gasteiger partial charge in [-0.1, -0.05) is 86.6 Å². The summed E-state index contributed by atoms with van der Waals surface area (Å²) < 4.78 is 0. The number of hydrogen-bond acceptors (Lipinski definition) is 4. The zero-order valence-corrected chi connectivity index (χ0v) is 19.3. The van der Waals surface area contributed by atoms with E-state index in [2.05, 4.69) is 48.4 Å². The number of thiazole rings is 1. The Bertz CT molecular complexity index is 1420. The fourth-order valence-electron chi connectivity index (χ4n) is 3.79. The third kappa shape index (κ3) is 4.41. The standard InChI is InChI=1S/C28H23N3OS/c1-18(2)19-12-14-21(15-13-19)26-17-33-28(30-26)31-27(32)23-16-25(20-8-4-3-5-9-20)29-24-11-7-6-10-22(23)24/h3-18H,1-2H3,(H,30,31,32). The Morgan fingerprint density at radius 3 is 2.27 bits per heavy atom. The number of rotatable bonds is 5. The van der Waals surface area contributed by atoms with Gasteiger partial charge in [-0.3, -0.25) is 10.1 Å². The molecule has 0 radical (unpaired) electrons. The van der Waals surface area contributed by atoms with Crippen molar-refractivity contribution in [3.8, 4) is 22.5 Å². The number of fused-ring (bicyclic) bond motifs is 1. The van der Waals surface area contributed by atoms with Gasteiger partial charge >= 0.3 is 0 Å². The average Bonchev–Trinajstić information content (AvgIpc) is 3.32. The summed E-state index contributed by atoms with van der Waals surface area (Å²) in [5, 5.41) is 6.35. The number of carbonyl (C=O) groups is 1. The predicted octanol–water partition coefficient (Wildman–Crippen LogP) is 7.40. The van der Waals surface area contributed by atoms with Crippen molar-refractivity contribution < 1.29 is 4.79 Å². The van der Waals surface area contributed by atoms with Gasteiger partial charge in [0.05, 0.1) is 22.5 Å². The van der Waals surface area contributed by atoms with Crippen LogP contribution in [0.3, 0.4) is 0 Å². The van der Waals surface area contributed by atoms with E-state index in [4.69, 9.17) is 4.98 Å². The molecule has 2 heterocycles. The van der Waals surface area contributed by atoms with Gasteiger partial charge in [-0.05, 0) is 23.6 Å². The summed E-state index contributed by atoms with van der Waals surface area (Å²) in [6.07, 6.45) is 0. The van der Waals surface area contributed by atoms with Crippen LogP contribution in [0.2, 0.25) is 0 Å². The van der Waals surface area contributed by atoms with Crippen LogP contribution < -0.4 is 5.32 Å². The Kier molecular flexibility index (Phi) is 5.71. The van der Waals surface area contributed by atoms with Crippen molar-refractivity contribution in [3.05, 3.63) is 101 Å². The number of para-hydroxylation sites is 1. The molecular weight excluding hydrogens is 426 g/mol. The maximum atomic E-state index is 13.3. The van der Waals surface area contributed by atoms with E-state index < -0.39 is 0 Å². The van der Waals surface area contributed by atoms with Gasteiger partial charge in [0, 0.05) is 21.9 Å². The van der Waals surface area contributed by atoms with Gasteiger partial charge in [-0.25, -0.2) is 9.97 Å². The Morgan fingerprint density at radius 2 is 1.52 bits per heavy atom. The van der Waals surface area contributed by atoms with Gasteiger partial charge in [-0.2, -0.15) is 0 Å². The molecule has 1 N–H and O–H groups in total. The van der Waals surface area contributed by atoms with E-state index in [9.17, 15) is 4.79 Å². The maximum absolute atomic E-state index is 13.3. The topological polar surface area (TPSA) is 54.9 Å². The fraction of sp³-hybridized carbons (Fsp3) is 0.107. The number of carbonyl (C=O) groups excluding carboxylic acids is 1. The van der Waals surface area contributed by atoms with Gasteiger partial charge in [0.15, 0.2) is 5.13 Å². The lowest BCUT2D eigenvalue weighted by molar-refractivity contribution is 0.102. The Hall–Kier alpha value is -3.83. The second kappa shape index (κ2) is 8.96. The average molecular weight is 450 g/mol. The highest BCUT2D eigenvalue weighted by atomic mass is 32.1. The number of nitrogens with zero attached hydrogens (tertiary/aromatic N) is 2. The van der Waals surface area contributed by atoms with Crippen molar-refractivity contribution in [2.75, 3.05) is 5.32 Å². The third-order valence-electron chi connectivity index (χ3n) is 5.63. The van der Waals surface area contributed by atoms with E-state index in [0.29, 0.717) is 16.6 Å². The molecule has 0 aliphatic carbocycles. The molecule has 0 atom stereocenters. The van der Waals surface area contributed by atoms with E-state index in [1.807, 2.05) is 66.0 Å². The van der Waals surface area contributed by atoms with Gasteiger partial charge < -0.3 is 0 Å². The number of aromatic nitrogens is 2. The highest BCUT2D eigenvalue weighted by Crippen LogP contribution is 2.29. The molecule has 0 aliphatic heterocycles. The van der Waals surface area contributed by atoms with Crippen LogP contribution >= 0.6 is 11.3 Å². The molecule has 0 spiro atoms. The first-order valence-corrected chi connectivity index (χ1v) is 11.8. The third-order valence-corrected chi connectivity index (χ3v) is 6.39. The first-order valence-electron chi connectivity index (χ1n) is 10.9. The molecule has 0 unspecified atom stereocenters. The largest absolute Gasteiger partial charge is 0.298 e. The Morgan fingerprint density at radius 1 is 0.818 bits per heavy atom. The summed E-state index contributed by atoms with van der Waals surface area (Å²) in [5.74, 6) is 0.294. The SMILES string of the molecule is CC(C)c1ccc(-c2csc(NC(=O)c3cc(-c4ccccc4)nc4ccccc34)n2)cc1. The lowest BCUT2D eigenvalue weighted by Gasteiger charge is -2.09. The number of anilines is 1. The molecule has 33 heavy (non-hydrogen) atoms. The smallest absolute Gasteiger partial charge is 0.258 e. The summed E-state index contributed by atoms with van der Waals surface area (Å²) in [6, 6.07) is 27.9. The number of amides is 1. The van der Waals surface area contributed by atoms with Crippen molar-refractivity contribution in [1.82, 2.24) is 9.97 Å². The van der Waals surface area contributed by atoms with E-state index in [1.165, 1.54) is 16.9 Å². The lowest BCUT2D eigenvalue weighted by atomic mass is 10.0. The number of nitrogens with one attached hydrogen (secondary N) is 1. The summed E-state index contributed by atoms with van der Waals surface area (Å²) in [5.41, 5.74) is 6.29. The van der Waals surface area contributed by atoms with Crippen LogP contribution in [-0.2, 0) is 0 Å². The molecule has 2 aromatic heterocycles. The molecule has 5 rings (SSSR count). The van der Waals surface area contributed by atoms with Crippen LogP contribution in [0.25, 0.3) is 33.4 Å². The molecule has 0 saturated carbocycles. The number of hydrogen-bond donors (Lipinski definition) is 1. The second-order valence-electron chi connectivity index (χ2n) is 8.21. The van der Waals surface area contributed by atoms with Crippen LogP contribution in [0, 0.1) is 0 Å². The molecule has 5 heteroatoms. The summed E-state index contributed by atoms with van der Waals surface area (Å²) >= 11 is 1.43. The van der Waals surface area contributed by atoms with Crippen LogP contribution in [0.1, 0.15) is 35.7 Å². The Balaban J connectivity index is 1.45. The zero-order valence-electron chi connectivity index (χ0n) is 18.4. The molecule has 0 aliphatic rings. The molecule has 162 valence electrons. The van der Waals surface area contributed by atoms with E-state index in [-0.39, 0.29) is 5.91 Å². The molecule has 3 aromatic carbocycles. The van der Waals surface area contributed by atoms with Crippen molar-refractivity contribution in [2.45, 2.75) is 19.8 Å². The first-order chi connectivity index (χ1) is 16.1. The zero-order chi connectivity index (χ0) is 22.8. The van der Waals surface area contributed by atoms with Gasteiger partial charge in [0.25, 0.3) is 5.91 Å². The van der Waals surface area contributed by atoms with Crippen LogP contribution in [0.15, 0.2) is 90.3 Å². The minimum absolute atomic E-state index is 0.193. The van der Waals surface area contributed by atoms with Crippen molar-refractivity contribution in [3.63, 3.8) is 0 Å². The molecular formula is C28H23N3OS. The second-order valence-corrected chi connectivity index (χ2v) is 9.07. The molecule has 5 aromatic rings. The maximum Gasteiger partial charge on any atom is 0.258 e. The number of benzene rings is 3. The number of pyridine rings is 1. The summed E-state index contributed by atoms with van der Waals surface area (Å²) in [4.78, 5) is 22.7. The van der Waals surface area contributed by atoms with E-state index in [1.54, 1.807) is 0 Å². The highest BCUT2D eigenvalue weighted by molar-refractivity contribution is 7.14. The highest BCUT2D eigenvalue weighted by Gasteiger charge is 2.16. The fourth-order valence-corrected chi connectivity index (χ4v) is 4.50. The minimum atomic E-state index is -0.193. The van der Waals surface area contributed by atoms with E-state index in [0.717, 1.165) is 33.4 Å². The van der Waals surface area contributed by atoms with Crippen molar-refractivity contribution in [1.29, 1.82) is 0 Å². The lowest BCUT2D eigenvalue weighted by Crippen LogP contribution is -2.13. The minimum Gasteiger partial charge on any atom is -0.298 e. The molecule has 0 fully saturated rings. The molecule has 0 bridgehead atoms. The molecule has 4 nitrogen and oxygen atoms in total. The quantitative estimate of drug-likeness (QED) is 0.304. The van der Waals surface area contributed by atoms with Gasteiger partial charge in [-0.15, -0.1) is 11.3 Å². The van der Waals surface area contributed by atoms with Crippen LogP contribution in [0.4, 0.5) is 5.13 Å². The normalized spacial score (nSPS) is 11.1. The van der Waals surface area contributed by atoms with Crippen molar-refractivity contribution >= 4 is 33.3 Å². The van der Waals surface area contributed by atoms with Crippen LogP contribution in [-0.4, -0.2) is 15.9 Å². The molecule has 0 saturated heterocycles. The Labute approximate surface area is 197 Å². The molecule has 1 amide bonds. The van der Waals surface area contributed by atoms with Gasteiger partial charge in [0.2, 0.25) is 0 Å². The summed E-state index contributed by atoms with van der Waals surface area (Å²) in [6.45, 7) is 4.36. The first kappa shape index (κ1) is 21.0. The summed E-state index contributed by atoms with van der Waals surface area (Å²) in [7, 11) is 0. The van der Waals surface area contributed by atoms with Crippen molar-refractivity contribution in [2.24, 2.45) is 0 Å². The van der Waals surface area contributed by atoms with Crippen LogP contribution in [0.5, 0.6) is 0 Å². The predicted molar refractivity (Wildman–Crippen MR) is 137 cm³/mol. The van der Waals surface area contributed by atoms with E-state index >= 15 is 0 Å².